The van der Waals surface area contributed by atoms with Gasteiger partial charge in [0.25, 0.3) is 0 Å². The van der Waals surface area contributed by atoms with Gasteiger partial charge >= 0.3 is 0 Å². The fourth-order valence-electron chi connectivity index (χ4n) is 3.84. The number of hydrogen-bond acceptors (Lipinski definition) is 5. The van der Waals surface area contributed by atoms with Crippen LogP contribution in [0.4, 0.5) is 11.4 Å². The minimum atomic E-state index is -0.393. The number of thiazole rings is 1. The summed E-state index contributed by atoms with van der Waals surface area (Å²) in [7, 11) is 0. The number of nitrogens with one attached hydrogen (secondary N) is 1. The predicted molar refractivity (Wildman–Crippen MR) is 131 cm³/mol. The van der Waals surface area contributed by atoms with Gasteiger partial charge in [0.05, 0.1) is 5.92 Å². The van der Waals surface area contributed by atoms with Crippen molar-refractivity contribution in [1.82, 2.24) is 9.97 Å². The summed E-state index contributed by atoms with van der Waals surface area (Å²) in [6, 6.07) is 17.2. The molecule has 4 aromatic rings. The van der Waals surface area contributed by atoms with E-state index in [9.17, 15) is 9.59 Å². The van der Waals surface area contributed by atoms with Crippen molar-refractivity contribution < 1.29 is 9.59 Å². The number of amides is 2. The van der Waals surface area contributed by atoms with E-state index in [0.717, 1.165) is 42.3 Å². The summed E-state index contributed by atoms with van der Waals surface area (Å²) in [5.41, 5.74) is 4.34. The van der Waals surface area contributed by atoms with Crippen molar-refractivity contribution in [3.8, 4) is 10.6 Å². The van der Waals surface area contributed by atoms with Gasteiger partial charge in [0.1, 0.15) is 15.4 Å². The molecule has 5 rings (SSSR count). The van der Waals surface area contributed by atoms with Gasteiger partial charge in [-0.05, 0) is 61.0 Å². The van der Waals surface area contributed by atoms with E-state index in [1.165, 1.54) is 0 Å². The Labute approximate surface area is 197 Å². The molecule has 1 N–H and O–H groups in total. The molecule has 1 aliphatic rings. The number of aromatic nitrogens is 2. The molecule has 1 unspecified atom stereocenters. The lowest BCUT2D eigenvalue weighted by Crippen LogP contribution is -2.28. The van der Waals surface area contributed by atoms with Gasteiger partial charge in [0.15, 0.2) is 0 Å². The number of aryl methyl sites for hydroxylation is 1. The maximum atomic E-state index is 12.9. The zero-order valence-electron chi connectivity index (χ0n) is 17.2. The zero-order chi connectivity index (χ0) is 22.2. The summed E-state index contributed by atoms with van der Waals surface area (Å²) in [4.78, 5) is 37.0. The molecule has 1 atom stereocenters. The van der Waals surface area contributed by atoms with Gasteiger partial charge in [0, 0.05) is 40.6 Å². The summed E-state index contributed by atoms with van der Waals surface area (Å²) in [6.45, 7) is 2.33. The van der Waals surface area contributed by atoms with Crippen LogP contribution in [0.1, 0.15) is 12.0 Å². The molecule has 2 aromatic carbocycles. The van der Waals surface area contributed by atoms with Crippen molar-refractivity contribution in [3.05, 3.63) is 70.8 Å². The van der Waals surface area contributed by atoms with Crippen LogP contribution in [-0.2, 0) is 9.59 Å². The van der Waals surface area contributed by atoms with E-state index >= 15 is 0 Å². The number of pyridine rings is 1. The van der Waals surface area contributed by atoms with E-state index in [0.29, 0.717) is 6.54 Å². The second-order valence-corrected chi connectivity index (χ2v) is 9.64. The van der Waals surface area contributed by atoms with Crippen molar-refractivity contribution in [2.45, 2.75) is 13.3 Å². The fourth-order valence-corrected chi connectivity index (χ4v) is 5.13. The Morgan fingerprint density at radius 1 is 1.19 bits per heavy atom. The summed E-state index contributed by atoms with van der Waals surface area (Å²) < 4.78 is 0.898. The fraction of sp³-hybridized carbons (Fsp3) is 0.167. The molecule has 0 spiro atoms. The number of halogens is 1. The van der Waals surface area contributed by atoms with E-state index < -0.39 is 5.92 Å². The molecular formula is C24H19BrN4O2S. The molecule has 2 aromatic heterocycles. The SMILES string of the molecule is Cc1cc(-c2nc3cccnc3s2)ccc1NC(=O)C1CC(=O)N(c2cccc(Br)c2)C1. The summed E-state index contributed by atoms with van der Waals surface area (Å²) >= 11 is 4.98. The van der Waals surface area contributed by atoms with Crippen molar-refractivity contribution in [3.63, 3.8) is 0 Å². The first-order valence-corrected chi connectivity index (χ1v) is 11.8. The molecule has 1 fully saturated rings. The zero-order valence-corrected chi connectivity index (χ0v) is 19.6. The summed E-state index contributed by atoms with van der Waals surface area (Å²) in [5.74, 6) is -0.577. The minimum Gasteiger partial charge on any atom is -0.326 e. The highest BCUT2D eigenvalue weighted by molar-refractivity contribution is 9.10. The van der Waals surface area contributed by atoms with Gasteiger partial charge in [-0.3, -0.25) is 9.59 Å². The Hall–Kier alpha value is -3.10. The average Bonchev–Trinajstić information content (AvgIpc) is 3.39. The first kappa shape index (κ1) is 20.8. The van der Waals surface area contributed by atoms with Gasteiger partial charge in [-0.25, -0.2) is 9.97 Å². The second-order valence-electron chi connectivity index (χ2n) is 7.75. The number of fused-ring (bicyclic) bond motifs is 1. The maximum absolute atomic E-state index is 12.9. The molecule has 1 saturated heterocycles. The Morgan fingerprint density at radius 2 is 2.06 bits per heavy atom. The van der Waals surface area contributed by atoms with Gasteiger partial charge in [-0.15, -0.1) is 0 Å². The maximum Gasteiger partial charge on any atom is 0.229 e. The third-order valence-electron chi connectivity index (χ3n) is 5.51. The van der Waals surface area contributed by atoms with Gasteiger partial charge in [0.2, 0.25) is 11.8 Å². The number of carbonyl (C=O) groups is 2. The van der Waals surface area contributed by atoms with E-state index in [1.54, 1.807) is 22.4 Å². The molecule has 32 heavy (non-hydrogen) atoms. The van der Waals surface area contributed by atoms with Crippen LogP contribution in [-0.4, -0.2) is 28.3 Å². The highest BCUT2D eigenvalue weighted by Gasteiger charge is 2.35. The number of rotatable bonds is 4. The number of nitrogens with zero attached hydrogens (tertiary/aromatic N) is 3. The standard InChI is InChI=1S/C24H19BrN4O2S/c1-14-10-15(23-28-20-6-3-9-26-24(20)32-23)7-8-19(14)27-22(31)16-11-21(30)29(13-16)18-5-2-4-17(25)12-18/h2-10,12,16H,11,13H2,1H3,(H,27,31). The summed E-state index contributed by atoms with van der Waals surface area (Å²) in [5, 5.41) is 3.90. The molecule has 2 amide bonds. The normalized spacial score (nSPS) is 16.0. The van der Waals surface area contributed by atoms with E-state index in [4.69, 9.17) is 0 Å². The molecule has 1 aliphatic heterocycles. The summed E-state index contributed by atoms with van der Waals surface area (Å²) in [6.07, 6.45) is 1.97. The van der Waals surface area contributed by atoms with E-state index in [2.05, 4.69) is 31.2 Å². The third-order valence-corrected chi connectivity index (χ3v) is 7.03. The first-order chi connectivity index (χ1) is 15.5. The van der Waals surface area contributed by atoms with Crippen LogP contribution >= 0.6 is 27.3 Å². The van der Waals surface area contributed by atoms with Crippen LogP contribution in [0, 0.1) is 12.8 Å². The molecule has 0 saturated carbocycles. The van der Waals surface area contributed by atoms with Gasteiger partial charge in [-0.1, -0.05) is 33.3 Å². The monoisotopic (exact) mass is 506 g/mol. The molecule has 6 nitrogen and oxygen atoms in total. The number of carbonyl (C=O) groups excluding carboxylic acids is 2. The van der Waals surface area contributed by atoms with E-state index in [-0.39, 0.29) is 18.2 Å². The Kier molecular flexibility index (Phi) is 5.48. The molecule has 8 heteroatoms. The van der Waals surface area contributed by atoms with Crippen LogP contribution in [0.25, 0.3) is 20.9 Å². The Bertz CT molecular complexity index is 1320. The average molecular weight is 507 g/mol. The number of hydrogen-bond donors (Lipinski definition) is 1. The van der Waals surface area contributed by atoms with Crippen LogP contribution in [0.3, 0.4) is 0 Å². The lowest BCUT2D eigenvalue weighted by molar-refractivity contribution is -0.122. The third kappa shape index (κ3) is 4.03. The highest BCUT2D eigenvalue weighted by atomic mass is 79.9. The molecule has 0 radical (unpaired) electrons. The predicted octanol–water partition coefficient (Wildman–Crippen LogP) is 5.42. The first-order valence-electron chi connectivity index (χ1n) is 10.2. The quantitative estimate of drug-likeness (QED) is 0.400. The largest absolute Gasteiger partial charge is 0.326 e. The molecule has 0 aliphatic carbocycles. The molecular weight excluding hydrogens is 488 g/mol. The number of anilines is 2. The van der Waals surface area contributed by atoms with Crippen molar-refractivity contribution in [2.75, 3.05) is 16.8 Å². The lowest BCUT2D eigenvalue weighted by Gasteiger charge is -2.17. The van der Waals surface area contributed by atoms with Gasteiger partial charge < -0.3 is 10.2 Å². The van der Waals surface area contributed by atoms with Crippen LogP contribution in [0.15, 0.2) is 65.3 Å². The lowest BCUT2D eigenvalue weighted by atomic mass is 10.1. The topological polar surface area (TPSA) is 75.2 Å². The molecule has 3 heterocycles. The minimum absolute atomic E-state index is 0.0419. The number of benzene rings is 2. The van der Waals surface area contributed by atoms with Crippen LogP contribution < -0.4 is 10.2 Å². The second kappa shape index (κ2) is 8.44. The van der Waals surface area contributed by atoms with Crippen LogP contribution in [0.5, 0.6) is 0 Å². The highest BCUT2D eigenvalue weighted by Crippen LogP contribution is 2.32. The van der Waals surface area contributed by atoms with Crippen LogP contribution in [0.2, 0.25) is 0 Å². The van der Waals surface area contributed by atoms with Gasteiger partial charge in [-0.2, -0.15) is 0 Å². The molecule has 160 valence electrons. The Morgan fingerprint density at radius 3 is 2.84 bits per heavy atom. The van der Waals surface area contributed by atoms with Crippen molar-refractivity contribution >= 4 is 60.8 Å². The molecule has 0 bridgehead atoms. The van der Waals surface area contributed by atoms with Crippen molar-refractivity contribution in [2.24, 2.45) is 5.92 Å². The Balaban J connectivity index is 1.31. The van der Waals surface area contributed by atoms with Crippen molar-refractivity contribution in [1.29, 1.82) is 0 Å². The smallest absolute Gasteiger partial charge is 0.229 e. The van der Waals surface area contributed by atoms with E-state index in [1.807, 2.05) is 61.5 Å².